The third-order valence-corrected chi connectivity index (χ3v) is 8.39. The molecule has 0 radical (unpaired) electrons. The number of thiazole rings is 1. The molecule has 0 unspecified atom stereocenters. The van der Waals surface area contributed by atoms with Crippen molar-refractivity contribution in [2.75, 3.05) is 31.6 Å². The second-order valence-corrected chi connectivity index (χ2v) is 11.4. The number of aryl methyl sites for hydroxylation is 2. The number of nitrogens with zero attached hydrogens (tertiary/aromatic N) is 2. The van der Waals surface area contributed by atoms with Crippen LogP contribution in [0.5, 0.6) is 5.75 Å². The van der Waals surface area contributed by atoms with Gasteiger partial charge in [0.15, 0.2) is 5.13 Å². The predicted octanol–water partition coefficient (Wildman–Crippen LogP) is 5.89. The van der Waals surface area contributed by atoms with Crippen LogP contribution in [0.3, 0.4) is 0 Å². The molecular weight excluding hydrogens is 498 g/mol. The Labute approximate surface area is 228 Å². The summed E-state index contributed by atoms with van der Waals surface area (Å²) < 4.78 is 11.8. The molecule has 1 aromatic heterocycles. The minimum Gasteiger partial charge on any atom is -0.488 e. The Morgan fingerprint density at radius 2 is 1.92 bits per heavy atom. The highest BCUT2D eigenvalue weighted by Gasteiger charge is 2.26. The molecule has 0 spiro atoms. The van der Waals surface area contributed by atoms with Gasteiger partial charge in [-0.25, -0.2) is 4.98 Å². The van der Waals surface area contributed by atoms with Crippen molar-refractivity contribution >= 4 is 22.4 Å². The normalized spacial score (nSPS) is 20.3. The highest BCUT2D eigenvalue weighted by molar-refractivity contribution is 7.14. The van der Waals surface area contributed by atoms with Crippen molar-refractivity contribution in [3.63, 3.8) is 0 Å². The summed E-state index contributed by atoms with van der Waals surface area (Å²) in [7, 11) is 0. The van der Waals surface area contributed by atoms with Crippen LogP contribution < -0.4 is 10.1 Å². The molecule has 0 bridgehead atoms. The summed E-state index contributed by atoms with van der Waals surface area (Å²) in [6.45, 7) is 9.29. The molecule has 0 amide bonds. The molecule has 1 aliphatic carbocycles. The van der Waals surface area contributed by atoms with Crippen LogP contribution in [0.1, 0.15) is 47.9 Å². The van der Waals surface area contributed by atoms with E-state index in [0.29, 0.717) is 19.4 Å². The molecule has 7 nitrogen and oxygen atoms in total. The molecule has 2 heterocycles. The molecule has 5 rings (SSSR count). The summed E-state index contributed by atoms with van der Waals surface area (Å²) in [4.78, 5) is 18.5. The van der Waals surface area contributed by atoms with Crippen LogP contribution in [-0.2, 0) is 22.7 Å². The summed E-state index contributed by atoms with van der Waals surface area (Å²) in [5.41, 5.74) is 6.79. The Morgan fingerprint density at radius 3 is 2.66 bits per heavy atom. The Bertz CT molecular complexity index is 1250. The lowest BCUT2D eigenvalue weighted by atomic mass is 9.86. The summed E-state index contributed by atoms with van der Waals surface area (Å²) in [5, 5.41) is 15.7. The topological polar surface area (TPSA) is 83.9 Å². The fourth-order valence-corrected chi connectivity index (χ4v) is 6.07. The highest BCUT2D eigenvalue weighted by atomic mass is 32.1. The molecule has 1 saturated carbocycles. The van der Waals surface area contributed by atoms with Crippen molar-refractivity contribution in [1.29, 1.82) is 0 Å². The van der Waals surface area contributed by atoms with Crippen molar-refractivity contribution in [2.24, 2.45) is 5.92 Å². The maximum absolute atomic E-state index is 11.2. The van der Waals surface area contributed by atoms with Crippen LogP contribution in [0.25, 0.3) is 11.3 Å². The second-order valence-electron chi connectivity index (χ2n) is 10.5. The largest absolute Gasteiger partial charge is 0.488 e. The van der Waals surface area contributed by atoms with Crippen molar-refractivity contribution in [3.8, 4) is 17.0 Å². The quantitative estimate of drug-likeness (QED) is 0.353. The third kappa shape index (κ3) is 6.73. The number of benzene rings is 2. The van der Waals surface area contributed by atoms with E-state index in [4.69, 9.17) is 14.5 Å². The number of carbonyl (C=O) groups is 1. The van der Waals surface area contributed by atoms with Gasteiger partial charge in [0.1, 0.15) is 12.4 Å². The van der Waals surface area contributed by atoms with Gasteiger partial charge >= 0.3 is 5.97 Å². The minimum absolute atomic E-state index is 0.212. The van der Waals surface area contributed by atoms with Gasteiger partial charge in [0.25, 0.3) is 0 Å². The lowest BCUT2D eigenvalue weighted by Crippen LogP contribution is -2.35. The summed E-state index contributed by atoms with van der Waals surface area (Å²) >= 11 is 1.59. The van der Waals surface area contributed by atoms with Gasteiger partial charge in [0.2, 0.25) is 0 Å². The van der Waals surface area contributed by atoms with Gasteiger partial charge in [-0.3, -0.25) is 9.69 Å². The fraction of sp³-hybridized carbons (Fsp3) is 0.467. The van der Waals surface area contributed by atoms with Crippen LogP contribution >= 0.6 is 11.3 Å². The zero-order valence-corrected chi connectivity index (χ0v) is 23.1. The summed E-state index contributed by atoms with van der Waals surface area (Å²) in [5.74, 6) is -0.0613. The maximum Gasteiger partial charge on any atom is 0.306 e. The molecular formula is C30H37N3O4S. The van der Waals surface area contributed by atoms with E-state index in [9.17, 15) is 9.90 Å². The standard InChI is InChI=1S/C30H37N3O4S/c1-20-3-10-28(37-18-24-5-4-22(16-21(24)2)17-33-11-13-36-14-12-33)26(15-20)27-19-38-30(32-27)31-25-8-6-23(7-9-25)29(34)35/h3-5,10,15-16,19,23,25H,6-9,11-14,17-18H2,1-2H3,(H,31,32)(H,34,35). The monoisotopic (exact) mass is 535 g/mol. The van der Waals surface area contributed by atoms with Crippen LogP contribution in [0.4, 0.5) is 5.13 Å². The Morgan fingerprint density at radius 1 is 1.13 bits per heavy atom. The summed E-state index contributed by atoms with van der Waals surface area (Å²) in [6.07, 6.45) is 3.15. The average molecular weight is 536 g/mol. The SMILES string of the molecule is Cc1ccc(OCc2ccc(CN3CCOCC3)cc2C)c(-c2csc(NC3CCC(C(=O)O)CC3)n2)c1. The fourth-order valence-electron chi connectivity index (χ4n) is 5.28. The summed E-state index contributed by atoms with van der Waals surface area (Å²) in [6, 6.07) is 13.2. The van der Waals surface area contributed by atoms with Crippen molar-refractivity contribution < 1.29 is 19.4 Å². The number of aromatic nitrogens is 1. The van der Waals surface area contributed by atoms with Crippen molar-refractivity contribution in [3.05, 3.63) is 64.0 Å². The van der Waals surface area contributed by atoms with Crippen LogP contribution in [0.15, 0.2) is 41.8 Å². The average Bonchev–Trinajstić information content (AvgIpc) is 3.38. The van der Waals surface area contributed by atoms with Gasteiger partial charge < -0.3 is 19.9 Å². The molecule has 2 aromatic carbocycles. The number of anilines is 1. The lowest BCUT2D eigenvalue weighted by Gasteiger charge is -2.26. The first-order valence-electron chi connectivity index (χ1n) is 13.5. The number of hydrogen-bond donors (Lipinski definition) is 2. The van der Waals surface area contributed by atoms with E-state index in [2.05, 4.69) is 59.8 Å². The molecule has 1 aliphatic heterocycles. The molecule has 202 valence electrons. The van der Waals surface area contributed by atoms with Gasteiger partial charge in [-0.2, -0.15) is 0 Å². The number of ether oxygens (including phenoxy) is 2. The van der Waals surface area contributed by atoms with Crippen LogP contribution in [0, 0.1) is 19.8 Å². The van der Waals surface area contributed by atoms with Gasteiger partial charge in [0.05, 0.1) is 24.8 Å². The number of carboxylic acids is 1. The lowest BCUT2D eigenvalue weighted by molar-refractivity contribution is -0.142. The first kappa shape index (κ1) is 26.7. The predicted molar refractivity (Wildman–Crippen MR) is 151 cm³/mol. The van der Waals surface area contributed by atoms with Gasteiger partial charge in [-0.1, -0.05) is 29.8 Å². The van der Waals surface area contributed by atoms with E-state index in [1.165, 1.54) is 16.7 Å². The van der Waals surface area contributed by atoms with Gasteiger partial charge in [-0.15, -0.1) is 11.3 Å². The number of nitrogens with one attached hydrogen (secondary N) is 1. The number of hydrogen-bond acceptors (Lipinski definition) is 7. The van der Waals surface area contributed by atoms with Crippen LogP contribution in [-0.4, -0.2) is 53.3 Å². The second kappa shape index (κ2) is 12.3. The van der Waals surface area contributed by atoms with E-state index in [1.807, 2.05) is 6.07 Å². The van der Waals surface area contributed by atoms with E-state index in [0.717, 1.165) is 73.4 Å². The molecule has 2 N–H and O–H groups in total. The highest BCUT2D eigenvalue weighted by Crippen LogP contribution is 2.35. The zero-order chi connectivity index (χ0) is 26.5. The molecule has 2 aliphatic rings. The smallest absolute Gasteiger partial charge is 0.306 e. The maximum atomic E-state index is 11.2. The van der Waals surface area contributed by atoms with Gasteiger partial charge in [-0.05, 0) is 68.4 Å². The number of rotatable bonds is 9. The third-order valence-electron chi connectivity index (χ3n) is 7.62. The molecule has 3 aromatic rings. The van der Waals surface area contributed by atoms with E-state index >= 15 is 0 Å². The van der Waals surface area contributed by atoms with Gasteiger partial charge in [0, 0.05) is 36.6 Å². The van der Waals surface area contributed by atoms with Crippen LogP contribution in [0.2, 0.25) is 0 Å². The Kier molecular flexibility index (Phi) is 8.61. The number of carboxylic acid groups (broad SMARTS) is 1. The van der Waals surface area contributed by atoms with E-state index in [1.54, 1.807) is 11.3 Å². The molecule has 0 atom stereocenters. The Hall–Kier alpha value is -2.94. The van der Waals surface area contributed by atoms with Crippen molar-refractivity contribution in [1.82, 2.24) is 9.88 Å². The van der Waals surface area contributed by atoms with E-state index in [-0.39, 0.29) is 12.0 Å². The molecule has 1 saturated heterocycles. The zero-order valence-electron chi connectivity index (χ0n) is 22.2. The van der Waals surface area contributed by atoms with E-state index < -0.39 is 5.97 Å². The minimum atomic E-state index is -0.675. The molecule has 8 heteroatoms. The molecule has 2 fully saturated rings. The Balaban J connectivity index is 1.23. The molecule has 38 heavy (non-hydrogen) atoms. The number of aliphatic carboxylic acids is 1. The first-order chi connectivity index (χ1) is 18.4. The first-order valence-corrected chi connectivity index (χ1v) is 14.4. The number of morpholine rings is 1. The van der Waals surface area contributed by atoms with Crippen molar-refractivity contribution in [2.45, 2.75) is 58.7 Å².